The summed E-state index contributed by atoms with van der Waals surface area (Å²) in [7, 11) is 1.46. The number of hydrogen-bond acceptors (Lipinski definition) is 3. The normalized spacial score (nSPS) is 12.4. The van der Waals surface area contributed by atoms with E-state index in [1.807, 2.05) is 13.0 Å². The van der Waals surface area contributed by atoms with Crippen molar-refractivity contribution >= 4 is 16.8 Å². The smallest absolute Gasteiger partial charge is 0.329 e. The Morgan fingerprint density at radius 3 is 2.68 bits per heavy atom. The van der Waals surface area contributed by atoms with E-state index in [0.29, 0.717) is 10.9 Å². The Kier molecular flexibility index (Phi) is 3.25. The van der Waals surface area contributed by atoms with E-state index in [1.54, 1.807) is 12.1 Å². The molecule has 100 valence electrons. The van der Waals surface area contributed by atoms with E-state index in [0.717, 1.165) is 10.1 Å². The number of aromatic amines is 1. The molecular weight excluding hydrogens is 246 g/mol. The molecule has 1 aromatic heterocycles. The summed E-state index contributed by atoms with van der Waals surface area (Å²) in [5.41, 5.74) is 0.341. The number of carbonyl (C=O) groups excluding carboxylic acids is 1. The molecule has 0 spiro atoms. The van der Waals surface area contributed by atoms with Gasteiger partial charge in [-0.3, -0.25) is 9.59 Å². The van der Waals surface area contributed by atoms with Gasteiger partial charge < -0.3 is 10.3 Å². The van der Waals surface area contributed by atoms with Crippen molar-refractivity contribution < 1.29 is 4.79 Å². The van der Waals surface area contributed by atoms with Crippen LogP contribution in [0, 0.1) is 6.92 Å². The number of rotatable bonds is 2. The first kappa shape index (κ1) is 13.1. The molecule has 2 aromatic rings. The minimum absolute atomic E-state index is 0.389. The number of aromatic nitrogens is 2. The van der Waals surface area contributed by atoms with Crippen LogP contribution in [0.4, 0.5) is 0 Å². The molecule has 2 rings (SSSR count). The van der Waals surface area contributed by atoms with Crippen molar-refractivity contribution in [3.05, 3.63) is 44.6 Å². The minimum atomic E-state index is -0.855. The van der Waals surface area contributed by atoms with Crippen molar-refractivity contribution in [2.45, 2.75) is 19.9 Å². The zero-order valence-corrected chi connectivity index (χ0v) is 11.0. The molecule has 1 heterocycles. The maximum atomic E-state index is 12.3. The summed E-state index contributed by atoms with van der Waals surface area (Å²) < 4.78 is 0.931. The third kappa shape index (κ3) is 2.16. The standard InChI is InChI=1S/C13H15N3O3/c1-7-4-5-10-9(6-7)12(18)16(13(19)15-10)8(2)11(17)14-3/h4-6,8H,1-3H3,(H,14,17)(H,15,19)/t8-/m1/s1. The van der Waals surface area contributed by atoms with Crippen molar-refractivity contribution in [1.82, 2.24) is 14.9 Å². The van der Waals surface area contributed by atoms with Gasteiger partial charge >= 0.3 is 5.69 Å². The van der Waals surface area contributed by atoms with Gasteiger partial charge in [0.05, 0.1) is 10.9 Å². The van der Waals surface area contributed by atoms with Gasteiger partial charge in [0.15, 0.2) is 0 Å². The predicted octanol–water partition coefficient (Wildman–Crippen LogP) is 0.305. The molecular formula is C13H15N3O3. The topological polar surface area (TPSA) is 84.0 Å². The van der Waals surface area contributed by atoms with Gasteiger partial charge in [-0.2, -0.15) is 0 Å². The second-order valence-corrected chi connectivity index (χ2v) is 4.44. The van der Waals surface area contributed by atoms with E-state index in [1.165, 1.54) is 14.0 Å². The van der Waals surface area contributed by atoms with Gasteiger partial charge in [-0.25, -0.2) is 9.36 Å². The zero-order valence-electron chi connectivity index (χ0n) is 11.0. The summed E-state index contributed by atoms with van der Waals surface area (Å²) in [5, 5.41) is 2.82. The van der Waals surface area contributed by atoms with E-state index >= 15 is 0 Å². The van der Waals surface area contributed by atoms with Crippen LogP contribution in [0.15, 0.2) is 27.8 Å². The highest BCUT2D eigenvalue weighted by molar-refractivity contribution is 5.81. The molecule has 0 aliphatic carbocycles. The summed E-state index contributed by atoms with van der Waals surface area (Å²) in [4.78, 5) is 38.5. The van der Waals surface area contributed by atoms with E-state index < -0.39 is 17.3 Å². The van der Waals surface area contributed by atoms with Gasteiger partial charge in [0, 0.05) is 7.05 Å². The van der Waals surface area contributed by atoms with Crippen LogP contribution in [0.3, 0.4) is 0 Å². The summed E-state index contributed by atoms with van der Waals surface area (Å²) in [6, 6.07) is 4.33. The van der Waals surface area contributed by atoms with Gasteiger partial charge in [0.2, 0.25) is 5.91 Å². The van der Waals surface area contributed by atoms with Crippen LogP contribution in [-0.2, 0) is 4.79 Å². The lowest BCUT2D eigenvalue weighted by Crippen LogP contribution is -2.42. The molecule has 0 fully saturated rings. The molecule has 0 bridgehead atoms. The first-order valence-corrected chi connectivity index (χ1v) is 5.92. The average molecular weight is 261 g/mol. The number of amides is 1. The Hall–Kier alpha value is -2.37. The number of H-pyrrole nitrogens is 1. The summed E-state index contributed by atoms with van der Waals surface area (Å²) in [6.07, 6.45) is 0. The van der Waals surface area contributed by atoms with Crippen LogP contribution in [-0.4, -0.2) is 22.5 Å². The molecule has 1 atom stereocenters. The molecule has 0 unspecified atom stereocenters. The first-order chi connectivity index (χ1) is 8.95. The molecule has 1 amide bonds. The second-order valence-electron chi connectivity index (χ2n) is 4.44. The van der Waals surface area contributed by atoms with Gasteiger partial charge in [0.1, 0.15) is 6.04 Å². The molecule has 6 nitrogen and oxygen atoms in total. The molecule has 0 aliphatic heterocycles. The fraction of sp³-hybridized carbons (Fsp3) is 0.308. The minimum Gasteiger partial charge on any atom is -0.357 e. The monoisotopic (exact) mass is 261 g/mol. The van der Waals surface area contributed by atoms with Crippen LogP contribution in [0.1, 0.15) is 18.5 Å². The number of fused-ring (bicyclic) bond motifs is 1. The van der Waals surface area contributed by atoms with Gasteiger partial charge in [0.25, 0.3) is 5.56 Å². The third-order valence-corrected chi connectivity index (χ3v) is 3.10. The molecule has 1 aromatic carbocycles. The number of hydrogen-bond donors (Lipinski definition) is 2. The van der Waals surface area contributed by atoms with E-state index in [2.05, 4.69) is 10.3 Å². The first-order valence-electron chi connectivity index (χ1n) is 5.92. The molecule has 6 heteroatoms. The highest BCUT2D eigenvalue weighted by atomic mass is 16.2. The molecule has 0 saturated heterocycles. The quantitative estimate of drug-likeness (QED) is 0.815. The fourth-order valence-electron chi connectivity index (χ4n) is 2.02. The Labute approximate surface area is 109 Å². The van der Waals surface area contributed by atoms with Crippen molar-refractivity contribution in [3.8, 4) is 0 Å². The Bertz CT molecular complexity index is 758. The summed E-state index contributed by atoms with van der Waals surface area (Å²) in [6.45, 7) is 3.37. The van der Waals surface area contributed by atoms with E-state index in [9.17, 15) is 14.4 Å². The Morgan fingerprint density at radius 2 is 2.05 bits per heavy atom. The van der Waals surface area contributed by atoms with Crippen molar-refractivity contribution in [1.29, 1.82) is 0 Å². The Morgan fingerprint density at radius 1 is 1.37 bits per heavy atom. The number of nitrogens with one attached hydrogen (secondary N) is 2. The lowest BCUT2D eigenvalue weighted by molar-refractivity contribution is -0.123. The highest BCUT2D eigenvalue weighted by Gasteiger charge is 2.18. The van der Waals surface area contributed by atoms with E-state index in [4.69, 9.17) is 0 Å². The number of aryl methyl sites for hydroxylation is 1. The second kappa shape index (κ2) is 4.72. The van der Waals surface area contributed by atoms with Crippen LogP contribution >= 0.6 is 0 Å². The van der Waals surface area contributed by atoms with Gasteiger partial charge in [-0.1, -0.05) is 11.6 Å². The number of benzene rings is 1. The maximum Gasteiger partial charge on any atom is 0.329 e. The predicted molar refractivity (Wildman–Crippen MR) is 72.3 cm³/mol. The largest absolute Gasteiger partial charge is 0.357 e. The molecule has 0 radical (unpaired) electrons. The number of carbonyl (C=O) groups is 1. The zero-order chi connectivity index (χ0) is 14.2. The van der Waals surface area contributed by atoms with Crippen LogP contribution in [0.2, 0.25) is 0 Å². The highest BCUT2D eigenvalue weighted by Crippen LogP contribution is 2.09. The van der Waals surface area contributed by atoms with Crippen molar-refractivity contribution in [3.63, 3.8) is 0 Å². The number of likely N-dealkylation sites (N-methyl/N-ethyl adjacent to an activating group) is 1. The Balaban J connectivity index is 2.79. The van der Waals surface area contributed by atoms with Gasteiger partial charge in [-0.05, 0) is 26.0 Å². The van der Waals surface area contributed by atoms with Crippen molar-refractivity contribution in [2.24, 2.45) is 0 Å². The average Bonchev–Trinajstić information content (AvgIpc) is 2.38. The molecule has 0 saturated carbocycles. The SMILES string of the molecule is CNC(=O)[C@@H](C)n1c(=O)[nH]c2ccc(C)cc2c1=O. The molecule has 0 aliphatic rings. The van der Waals surface area contributed by atoms with Crippen LogP contribution in [0.25, 0.3) is 10.9 Å². The molecule has 19 heavy (non-hydrogen) atoms. The lowest BCUT2D eigenvalue weighted by atomic mass is 10.1. The summed E-state index contributed by atoms with van der Waals surface area (Å²) in [5.74, 6) is -0.389. The number of nitrogens with zero attached hydrogens (tertiary/aromatic N) is 1. The lowest BCUT2D eigenvalue weighted by Gasteiger charge is -2.13. The van der Waals surface area contributed by atoms with Gasteiger partial charge in [-0.15, -0.1) is 0 Å². The van der Waals surface area contributed by atoms with Crippen molar-refractivity contribution in [2.75, 3.05) is 7.05 Å². The summed E-state index contributed by atoms with van der Waals surface area (Å²) >= 11 is 0. The van der Waals surface area contributed by atoms with Crippen LogP contribution in [0.5, 0.6) is 0 Å². The van der Waals surface area contributed by atoms with E-state index in [-0.39, 0.29) is 5.91 Å². The maximum absolute atomic E-state index is 12.3. The van der Waals surface area contributed by atoms with Crippen LogP contribution < -0.4 is 16.6 Å². The fourth-order valence-corrected chi connectivity index (χ4v) is 2.02. The molecule has 2 N–H and O–H groups in total. The third-order valence-electron chi connectivity index (χ3n) is 3.10.